The third-order valence-corrected chi connectivity index (χ3v) is 4.04. The number of fused-ring (bicyclic) bond motifs is 1. The molecule has 13 heavy (non-hydrogen) atoms. The van der Waals surface area contributed by atoms with Crippen molar-refractivity contribution in [2.24, 2.45) is 0 Å². The van der Waals surface area contributed by atoms with Crippen LogP contribution in [0.15, 0.2) is 17.5 Å². The maximum Gasteiger partial charge on any atom is 0.134 e. The van der Waals surface area contributed by atoms with Gasteiger partial charge in [0.2, 0.25) is 0 Å². The van der Waals surface area contributed by atoms with E-state index in [-0.39, 0.29) is 0 Å². The van der Waals surface area contributed by atoms with Crippen LogP contribution in [0.25, 0.3) is 10.1 Å². The van der Waals surface area contributed by atoms with E-state index < -0.39 is 0 Å². The predicted molar refractivity (Wildman–Crippen MR) is 65.6 cm³/mol. The lowest BCUT2D eigenvalue weighted by atomic mass is 10.1. The lowest BCUT2D eigenvalue weighted by Crippen LogP contribution is -1.84. The molecule has 0 atom stereocenters. The van der Waals surface area contributed by atoms with Gasteiger partial charge in [-0.25, -0.2) is 0 Å². The summed E-state index contributed by atoms with van der Waals surface area (Å²) in [6.07, 6.45) is 1.05. The summed E-state index contributed by atoms with van der Waals surface area (Å²) in [7, 11) is 0. The second kappa shape index (κ2) is 3.46. The maximum absolute atomic E-state index is 9.51. The number of hydrogen-bond acceptors (Lipinski definition) is 2. The molecular formula is C10H9IOS. The molecular weight excluding hydrogens is 295 g/mol. The Kier molecular flexibility index (Phi) is 2.47. The summed E-state index contributed by atoms with van der Waals surface area (Å²) in [5, 5.41) is 12.3. The van der Waals surface area contributed by atoms with E-state index in [1.807, 2.05) is 0 Å². The largest absolute Gasteiger partial charge is 0.506 e. The van der Waals surface area contributed by atoms with Gasteiger partial charge in [-0.3, -0.25) is 0 Å². The molecule has 0 saturated heterocycles. The van der Waals surface area contributed by atoms with Crippen LogP contribution in [0.5, 0.6) is 5.75 Å². The van der Waals surface area contributed by atoms with Crippen molar-refractivity contribution in [2.45, 2.75) is 13.3 Å². The lowest BCUT2D eigenvalue weighted by Gasteiger charge is -2.01. The molecule has 0 radical (unpaired) electrons. The Bertz CT molecular complexity index is 447. The first kappa shape index (κ1) is 9.27. The van der Waals surface area contributed by atoms with E-state index in [2.05, 4.69) is 41.6 Å². The molecule has 0 aliphatic rings. The minimum Gasteiger partial charge on any atom is -0.506 e. The summed E-state index contributed by atoms with van der Waals surface area (Å²) in [6, 6.07) is 4.22. The van der Waals surface area contributed by atoms with Crippen molar-refractivity contribution in [2.75, 3.05) is 0 Å². The zero-order chi connectivity index (χ0) is 9.42. The quantitative estimate of drug-likeness (QED) is 0.795. The van der Waals surface area contributed by atoms with E-state index in [0.29, 0.717) is 5.75 Å². The van der Waals surface area contributed by atoms with Gasteiger partial charge < -0.3 is 5.11 Å². The van der Waals surface area contributed by atoms with E-state index in [1.165, 1.54) is 13.8 Å². The normalized spacial score (nSPS) is 10.9. The molecule has 1 heterocycles. The highest BCUT2D eigenvalue weighted by molar-refractivity contribution is 14.1. The summed E-state index contributed by atoms with van der Waals surface area (Å²) < 4.78 is 2.41. The Hall–Kier alpha value is -0.290. The maximum atomic E-state index is 9.51. The molecule has 0 aliphatic heterocycles. The third-order valence-electron chi connectivity index (χ3n) is 2.10. The summed E-state index contributed by atoms with van der Waals surface area (Å²) >= 11 is 3.92. The molecule has 0 unspecified atom stereocenters. The molecule has 68 valence electrons. The van der Waals surface area contributed by atoms with Crippen LogP contribution in [0.3, 0.4) is 0 Å². The van der Waals surface area contributed by atoms with Crippen LogP contribution in [-0.4, -0.2) is 5.11 Å². The molecule has 0 aliphatic carbocycles. The Labute approximate surface area is 94.5 Å². The number of hydrogen-bond donors (Lipinski definition) is 1. The number of benzene rings is 1. The van der Waals surface area contributed by atoms with Crippen LogP contribution in [0.1, 0.15) is 12.5 Å². The van der Waals surface area contributed by atoms with E-state index in [1.54, 1.807) is 16.7 Å². The number of aryl methyl sites for hydroxylation is 1. The van der Waals surface area contributed by atoms with E-state index >= 15 is 0 Å². The van der Waals surface area contributed by atoms with Gasteiger partial charge in [0.05, 0.1) is 0 Å². The molecule has 1 aromatic heterocycles. The van der Waals surface area contributed by atoms with E-state index in [9.17, 15) is 5.11 Å². The summed E-state index contributed by atoms with van der Waals surface area (Å²) in [5.41, 5.74) is 1.36. The van der Waals surface area contributed by atoms with Gasteiger partial charge in [-0.15, -0.1) is 11.3 Å². The van der Waals surface area contributed by atoms with Gasteiger partial charge in [0.15, 0.2) is 0 Å². The zero-order valence-corrected chi connectivity index (χ0v) is 10.1. The Morgan fingerprint density at radius 1 is 1.46 bits per heavy atom. The van der Waals surface area contributed by atoms with Crippen LogP contribution in [0.2, 0.25) is 0 Å². The molecule has 0 amide bonds. The highest BCUT2D eigenvalue weighted by Gasteiger charge is 2.05. The number of rotatable bonds is 1. The van der Waals surface area contributed by atoms with Crippen molar-refractivity contribution < 1.29 is 5.11 Å². The van der Waals surface area contributed by atoms with Crippen molar-refractivity contribution in [3.05, 3.63) is 26.6 Å². The average molecular weight is 304 g/mol. The fourth-order valence-electron chi connectivity index (χ4n) is 1.35. The third kappa shape index (κ3) is 1.55. The Balaban J connectivity index is 2.76. The summed E-state index contributed by atoms with van der Waals surface area (Å²) in [5.74, 6) is 0.403. The average Bonchev–Trinajstić information content (AvgIpc) is 2.47. The van der Waals surface area contributed by atoms with Gasteiger partial charge in [0, 0.05) is 19.0 Å². The van der Waals surface area contributed by atoms with Crippen molar-refractivity contribution in [3.63, 3.8) is 0 Å². The van der Waals surface area contributed by atoms with Crippen LogP contribution < -0.4 is 0 Å². The SMILES string of the molecule is CCc1cc2scc(O)c2cc1I. The zero-order valence-electron chi connectivity index (χ0n) is 7.17. The molecule has 1 N–H and O–H groups in total. The smallest absolute Gasteiger partial charge is 0.134 e. The topological polar surface area (TPSA) is 20.2 Å². The second-order valence-corrected chi connectivity index (χ2v) is 4.99. The lowest BCUT2D eigenvalue weighted by molar-refractivity contribution is 0.483. The van der Waals surface area contributed by atoms with Crippen LogP contribution in [-0.2, 0) is 6.42 Å². The second-order valence-electron chi connectivity index (χ2n) is 2.91. The van der Waals surface area contributed by atoms with Crippen LogP contribution in [0, 0.1) is 3.57 Å². The molecule has 2 aromatic rings. The number of thiophene rings is 1. The molecule has 0 fully saturated rings. The predicted octanol–water partition coefficient (Wildman–Crippen LogP) is 3.77. The highest BCUT2D eigenvalue weighted by atomic mass is 127. The first-order valence-corrected chi connectivity index (χ1v) is 6.06. The van der Waals surface area contributed by atoms with Gasteiger partial charge >= 0.3 is 0 Å². The van der Waals surface area contributed by atoms with E-state index in [4.69, 9.17) is 0 Å². The van der Waals surface area contributed by atoms with Crippen molar-refractivity contribution >= 4 is 44.0 Å². The molecule has 2 rings (SSSR count). The molecule has 0 saturated carbocycles. The van der Waals surface area contributed by atoms with Gasteiger partial charge in [0.25, 0.3) is 0 Å². The first-order chi connectivity index (χ1) is 6.22. The minimum atomic E-state index is 0.403. The molecule has 3 heteroatoms. The highest BCUT2D eigenvalue weighted by Crippen LogP contribution is 2.33. The van der Waals surface area contributed by atoms with Crippen molar-refractivity contribution in [1.82, 2.24) is 0 Å². The summed E-state index contributed by atoms with van der Waals surface area (Å²) in [6.45, 7) is 2.15. The molecule has 0 spiro atoms. The fourth-order valence-corrected chi connectivity index (χ4v) is 3.06. The number of halogens is 1. The van der Waals surface area contributed by atoms with Gasteiger partial charge in [-0.2, -0.15) is 0 Å². The minimum absolute atomic E-state index is 0.403. The number of aromatic hydroxyl groups is 1. The van der Waals surface area contributed by atoms with Gasteiger partial charge in [-0.05, 0) is 46.7 Å². The van der Waals surface area contributed by atoms with Gasteiger partial charge in [0.1, 0.15) is 5.75 Å². The fraction of sp³-hybridized carbons (Fsp3) is 0.200. The van der Waals surface area contributed by atoms with Crippen LogP contribution >= 0.6 is 33.9 Å². The van der Waals surface area contributed by atoms with Crippen molar-refractivity contribution in [1.29, 1.82) is 0 Å². The standard InChI is InChI=1S/C10H9IOS/c1-2-6-3-10-7(4-8(6)11)9(12)5-13-10/h3-5,12H,2H2,1H3. The summed E-state index contributed by atoms with van der Waals surface area (Å²) in [4.78, 5) is 0. The Morgan fingerprint density at radius 2 is 2.23 bits per heavy atom. The molecule has 1 nitrogen and oxygen atoms in total. The van der Waals surface area contributed by atoms with Crippen LogP contribution in [0.4, 0.5) is 0 Å². The first-order valence-electron chi connectivity index (χ1n) is 4.11. The van der Waals surface area contributed by atoms with E-state index in [0.717, 1.165) is 11.8 Å². The monoisotopic (exact) mass is 304 g/mol. The van der Waals surface area contributed by atoms with Crippen molar-refractivity contribution in [3.8, 4) is 5.75 Å². The Morgan fingerprint density at radius 3 is 2.92 bits per heavy atom. The molecule has 0 bridgehead atoms. The molecule has 1 aromatic carbocycles. The van der Waals surface area contributed by atoms with Gasteiger partial charge in [-0.1, -0.05) is 6.92 Å².